The maximum absolute atomic E-state index is 14.0. The van der Waals surface area contributed by atoms with E-state index < -0.39 is 0 Å². The summed E-state index contributed by atoms with van der Waals surface area (Å²) < 4.78 is 16.6. The fourth-order valence-electron chi connectivity index (χ4n) is 2.65. The molecule has 1 aliphatic carbocycles. The Labute approximate surface area is 119 Å². The zero-order valence-corrected chi connectivity index (χ0v) is 12.0. The van der Waals surface area contributed by atoms with Crippen molar-refractivity contribution < 1.29 is 4.39 Å². The first-order chi connectivity index (χ1) is 9.15. The third-order valence-corrected chi connectivity index (χ3v) is 4.14. The number of nitrogens with two attached hydrogens (primary N) is 1. The second kappa shape index (κ2) is 4.96. The molecule has 0 bridgehead atoms. The van der Waals surface area contributed by atoms with Crippen LogP contribution in [-0.4, -0.2) is 9.78 Å². The summed E-state index contributed by atoms with van der Waals surface area (Å²) >= 11 is 3.25. The zero-order chi connectivity index (χ0) is 13.4. The van der Waals surface area contributed by atoms with E-state index in [9.17, 15) is 4.39 Å². The van der Waals surface area contributed by atoms with Crippen LogP contribution in [0.1, 0.15) is 31.7 Å². The highest BCUT2D eigenvalue weighted by atomic mass is 79.9. The molecule has 0 saturated heterocycles. The van der Waals surface area contributed by atoms with Crippen LogP contribution in [0.2, 0.25) is 0 Å². The number of benzene rings is 1. The number of halogens is 2. The molecule has 1 heterocycles. The first kappa shape index (κ1) is 12.7. The Morgan fingerprint density at radius 1 is 1.32 bits per heavy atom. The van der Waals surface area contributed by atoms with Crippen molar-refractivity contribution in [3.8, 4) is 11.3 Å². The number of hydrogen-bond acceptors (Lipinski definition) is 2. The number of rotatable bonds is 2. The van der Waals surface area contributed by atoms with Crippen LogP contribution in [-0.2, 0) is 0 Å². The van der Waals surface area contributed by atoms with Gasteiger partial charge in [0, 0.05) is 16.2 Å². The van der Waals surface area contributed by atoms with Gasteiger partial charge < -0.3 is 5.73 Å². The third-order valence-electron chi connectivity index (χ3n) is 3.65. The predicted molar refractivity (Wildman–Crippen MR) is 77.2 cm³/mol. The average Bonchev–Trinajstić information content (AvgIpc) is 2.98. The molecule has 0 spiro atoms. The smallest absolute Gasteiger partial charge is 0.133 e. The molecule has 19 heavy (non-hydrogen) atoms. The van der Waals surface area contributed by atoms with E-state index in [1.54, 1.807) is 12.1 Å². The molecule has 0 radical (unpaired) electrons. The summed E-state index contributed by atoms with van der Waals surface area (Å²) in [6.45, 7) is 0. The maximum atomic E-state index is 14.0. The molecule has 0 atom stereocenters. The van der Waals surface area contributed by atoms with Crippen LogP contribution in [0.5, 0.6) is 0 Å². The molecular formula is C14H15BrFN3. The van der Waals surface area contributed by atoms with Gasteiger partial charge in [-0.3, -0.25) is 4.68 Å². The minimum atomic E-state index is -0.308. The van der Waals surface area contributed by atoms with E-state index >= 15 is 0 Å². The molecule has 0 unspecified atom stereocenters. The van der Waals surface area contributed by atoms with Gasteiger partial charge in [0.2, 0.25) is 0 Å². The van der Waals surface area contributed by atoms with E-state index in [4.69, 9.17) is 5.73 Å². The molecule has 100 valence electrons. The van der Waals surface area contributed by atoms with Crippen LogP contribution in [0.3, 0.4) is 0 Å². The summed E-state index contributed by atoms with van der Waals surface area (Å²) in [5, 5.41) is 4.49. The molecule has 1 aliphatic rings. The van der Waals surface area contributed by atoms with Gasteiger partial charge in [-0.25, -0.2) is 4.39 Å². The number of aromatic nitrogens is 2. The molecular weight excluding hydrogens is 309 g/mol. The van der Waals surface area contributed by atoms with E-state index in [0.717, 1.165) is 12.8 Å². The molecule has 3 rings (SSSR count). The summed E-state index contributed by atoms with van der Waals surface area (Å²) in [5.41, 5.74) is 7.52. The summed E-state index contributed by atoms with van der Waals surface area (Å²) in [5.74, 6) is -0.308. The van der Waals surface area contributed by atoms with E-state index in [-0.39, 0.29) is 5.82 Å². The van der Waals surface area contributed by atoms with Crippen LogP contribution in [0.4, 0.5) is 10.1 Å². The van der Waals surface area contributed by atoms with Crippen LogP contribution in [0, 0.1) is 5.82 Å². The number of nitrogens with zero attached hydrogens (tertiary/aromatic N) is 2. The van der Waals surface area contributed by atoms with Crippen LogP contribution in [0.25, 0.3) is 11.3 Å². The molecule has 2 aromatic rings. The van der Waals surface area contributed by atoms with Crippen molar-refractivity contribution in [2.24, 2.45) is 0 Å². The second-order valence-corrected chi connectivity index (χ2v) is 5.89. The van der Waals surface area contributed by atoms with Crippen molar-refractivity contribution in [2.45, 2.75) is 31.7 Å². The Morgan fingerprint density at radius 2 is 2.05 bits per heavy atom. The topological polar surface area (TPSA) is 43.8 Å². The monoisotopic (exact) mass is 323 g/mol. The van der Waals surface area contributed by atoms with Gasteiger partial charge in [0.05, 0.1) is 11.7 Å². The zero-order valence-electron chi connectivity index (χ0n) is 10.4. The van der Waals surface area contributed by atoms with E-state index in [1.807, 2.05) is 10.9 Å². The number of nitrogen functional groups attached to an aromatic ring is 1. The minimum Gasteiger partial charge on any atom is -0.396 e. The molecule has 0 aliphatic heterocycles. The van der Waals surface area contributed by atoms with Crippen LogP contribution >= 0.6 is 15.9 Å². The molecule has 1 fully saturated rings. The van der Waals surface area contributed by atoms with Crippen LogP contribution < -0.4 is 5.73 Å². The SMILES string of the molecule is Nc1cn(C2CCCC2)nc1-c1ccc(Br)cc1F. The Balaban J connectivity index is 2.00. The molecule has 3 nitrogen and oxygen atoms in total. The summed E-state index contributed by atoms with van der Waals surface area (Å²) in [6, 6.07) is 5.35. The number of hydrogen-bond donors (Lipinski definition) is 1. The standard InChI is InChI=1S/C14H15BrFN3/c15-9-5-6-11(12(16)7-9)14-13(17)8-19(18-14)10-3-1-2-4-10/h5-8,10H,1-4,17H2. The van der Waals surface area contributed by atoms with Crippen LogP contribution in [0.15, 0.2) is 28.9 Å². The lowest BCUT2D eigenvalue weighted by Gasteiger charge is -2.08. The molecule has 0 amide bonds. The van der Waals surface area contributed by atoms with Crippen molar-refractivity contribution in [1.82, 2.24) is 9.78 Å². The highest BCUT2D eigenvalue weighted by Gasteiger charge is 2.20. The Bertz CT molecular complexity index is 603. The van der Waals surface area contributed by atoms with Crippen molar-refractivity contribution in [3.63, 3.8) is 0 Å². The summed E-state index contributed by atoms with van der Waals surface area (Å²) in [6.07, 6.45) is 6.54. The van der Waals surface area contributed by atoms with Gasteiger partial charge in [-0.05, 0) is 31.0 Å². The van der Waals surface area contributed by atoms with Crippen molar-refractivity contribution >= 4 is 21.6 Å². The van der Waals surface area contributed by atoms with Gasteiger partial charge in [-0.2, -0.15) is 5.10 Å². The first-order valence-corrected chi connectivity index (χ1v) is 7.24. The normalized spacial score (nSPS) is 16.1. The van der Waals surface area contributed by atoms with Crippen molar-refractivity contribution in [1.29, 1.82) is 0 Å². The quantitative estimate of drug-likeness (QED) is 0.902. The molecule has 1 aromatic heterocycles. The highest BCUT2D eigenvalue weighted by Crippen LogP contribution is 2.33. The van der Waals surface area contributed by atoms with Gasteiger partial charge in [-0.15, -0.1) is 0 Å². The lowest BCUT2D eigenvalue weighted by atomic mass is 10.1. The molecule has 2 N–H and O–H groups in total. The fourth-order valence-corrected chi connectivity index (χ4v) is 2.99. The van der Waals surface area contributed by atoms with Gasteiger partial charge in [0.1, 0.15) is 11.5 Å². The number of anilines is 1. The maximum Gasteiger partial charge on any atom is 0.133 e. The largest absolute Gasteiger partial charge is 0.396 e. The molecule has 5 heteroatoms. The van der Waals surface area contributed by atoms with Gasteiger partial charge >= 0.3 is 0 Å². The molecule has 1 saturated carbocycles. The Hall–Kier alpha value is -1.36. The van der Waals surface area contributed by atoms with Gasteiger partial charge in [-0.1, -0.05) is 28.8 Å². The highest BCUT2D eigenvalue weighted by molar-refractivity contribution is 9.10. The summed E-state index contributed by atoms with van der Waals surface area (Å²) in [4.78, 5) is 0. The predicted octanol–water partition coefficient (Wildman–Crippen LogP) is 4.15. The van der Waals surface area contributed by atoms with E-state index in [0.29, 0.717) is 27.5 Å². The Morgan fingerprint density at radius 3 is 2.74 bits per heavy atom. The van der Waals surface area contributed by atoms with E-state index in [1.165, 1.54) is 18.9 Å². The van der Waals surface area contributed by atoms with Crippen molar-refractivity contribution in [3.05, 3.63) is 34.7 Å². The third kappa shape index (κ3) is 2.39. The van der Waals surface area contributed by atoms with Gasteiger partial charge in [0.15, 0.2) is 0 Å². The lowest BCUT2D eigenvalue weighted by molar-refractivity contribution is 0.468. The fraction of sp³-hybridized carbons (Fsp3) is 0.357. The average molecular weight is 324 g/mol. The first-order valence-electron chi connectivity index (χ1n) is 6.45. The van der Waals surface area contributed by atoms with Gasteiger partial charge in [0.25, 0.3) is 0 Å². The Kier molecular flexibility index (Phi) is 3.31. The minimum absolute atomic E-state index is 0.308. The molecule has 1 aromatic carbocycles. The second-order valence-electron chi connectivity index (χ2n) is 4.98. The van der Waals surface area contributed by atoms with E-state index in [2.05, 4.69) is 21.0 Å². The lowest BCUT2D eigenvalue weighted by Crippen LogP contribution is -2.05. The summed E-state index contributed by atoms with van der Waals surface area (Å²) in [7, 11) is 0. The van der Waals surface area contributed by atoms with Crippen molar-refractivity contribution in [2.75, 3.05) is 5.73 Å².